The summed E-state index contributed by atoms with van der Waals surface area (Å²) in [6, 6.07) is 19.9. The number of carbonyl (C=O) groups is 2. The van der Waals surface area contributed by atoms with Crippen LogP contribution in [0.15, 0.2) is 96.5 Å². The van der Waals surface area contributed by atoms with Gasteiger partial charge in [0.1, 0.15) is 6.26 Å². The van der Waals surface area contributed by atoms with E-state index >= 15 is 4.39 Å². The number of carbonyl (C=O) groups excluding carboxylic acids is 2. The summed E-state index contributed by atoms with van der Waals surface area (Å²) < 4.78 is 16.7. The van der Waals surface area contributed by atoms with E-state index in [9.17, 15) is 9.59 Å². The molecule has 4 aromatic rings. The molecule has 2 amide bonds. The maximum absolute atomic E-state index is 15.3. The van der Waals surface area contributed by atoms with Crippen molar-refractivity contribution in [3.05, 3.63) is 120 Å². The van der Waals surface area contributed by atoms with E-state index in [1.165, 1.54) is 23.3 Å². The number of halogens is 1. The maximum atomic E-state index is 15.3. The van der Waals surface area contributed by atoms with Crippen LogP contribution < -0.4 is 16.1 Å². The Hall–Kier alpha value is -5.58. The third-order valence-electron chi connectivity index (χ3n) is 6.63. The van der Waals surface area contributed by atoms with Gasteiger partial charge in [0.2, 0.25) is 12.1 Å². The Bertz CT molecular complexity index is 1740. The van der Waals surface area contributed by atoms with Gasteiger partial charge in [0.05, 0.1) is 46.3 Å². The number of anilines is 1. The fourth-order valence-electron chi connectivity index (χ4n) is 4.62. The molecular formula is C30H24FN7O3. The van der Waals surface area contributed by atoms with E-state index < -0.39 is 23.9 Å². The number of aliphatic imine (C=N–C) groups is 1. The summed E-state index contributed by atoms with van der Waals surface area (Å²) in [4.78, 5) is 40.8. The molecule has 4 heterocycles. The third-order valence-corrected chi connectivity index (χ3v) is 6.63. The highest BCUT2D eigenvalue weighted by molar-refractivity contribution is 6.20. The lowest BCUT2D eigenvalue weighted by atomic mass is 10.0. The Labute approximate surface area is 234 Å². The molecule has 2 aliphatic heterocycles. The first-order chi connectivity index (χ1) is 20.0. The zero-order valence-corrected chi connectivity index (χ0v) is 21.8. The minimum atomic E-state index is -1.28. The van der Waals surface area contributed by atoms with Crippen LogP contribution in [0.2, 0.25) is 0 Å². The highest BCUT2D eigenvalue weighted by atomic mass is 19.1. The number of hydrogen-bond acceptors (Lipinski definition) is 7. The van der Waals surface area contributed by atoms with E-state index in [1.807, 2.05) is 55.5 Å². The quantitative estimate of drug-likeness (QED) is 0.312. The van der Waals surface area contributed by atoms with Crippen molar-refractivity contribution >= 4 is 28.9 Å². The first-order valence-corrected chi connectivity index (χ1v) is 12.9. The van der Waals surface area contributed by atoms with Crippen LogP contribution in [0.25, 0.3) is 17.0 Å². The Morgan fingerprint density at radius 2 is 1.88 bits per heavy atom. The first kappa shape index (κ1) is 25.7. The number of amides is 2. The molecule has 0 fully saturated rings. The largest absolute Gasteiger partial charge is 0.390 e. The predicted octanol–water partition coefficient (Wildman–Crippen LogP) is 4.04. The van der Waals surface area contributed by atoms with Crippen molar-refractivity contribution in [3.8, 4) is 11.3 Å². The molecule has 41 heavy (non-hydrogen) atoms. The van der Waals surface area contributed by atoms with E-state index in [2.05, 4.69) is 31.2 Å². The summed E-state index contributed by atoms with van der Waals surface area (Å²) in [6.07, 6.45) is 5.08. The van der Waals surface area contributed by atoms with Gasteiger partial charge in [0.25, 0.3) is 11.8 Å². The number of para-hydroxylation sites is 1. The van der Waals surface area contributed by atoms with Crippen LogP contribution in [0.5, 0.6) is 0 Å². The minimum Gasteiger partial charge on any atom is -0.390 e. The van der Waals surface area contributed by atoms with Gasteiger partial charge in [-0.25, -0.2) is 20.1 Å². The lowest BCUT2D eigenvalue weighted by Crippen LogP contribution is -2.42. The molecule has 6 rings (SSSR count). The number of pyridine rings is 1. The summed E-state index contributed by atoms with van der Waals surface area (Å²) in [7, 11) is 0. The Morgan fingerprint density at radius 3 is 2.63 bits per heavy atom. The number of allylic oxidation sites excluding steroid dienone is 2. The SMILES string of the molecule is CCc1ccc(-c2c(C(=O)N[C@H]3N=C(c4ccccc4)c4ccccc4NC3=O)cnn2C2=CNOC=C2)c(F)n1. The summed E-state index contributed by atoms with van der Waals surface area (Å²) in [5, 5.41) is 9.93. The lowest BCUT2D eigenvalue weighted by Gasteiger charge is -2.16. The second kappa shape index (κ2) is 10.9. The number of aryl methyl sites for hydroxylation is 1. The number of benzene rings is 2. The minimum absolute atomic E-state index is 0.0294. The average molecular weight is 550 g/mol. The third kappa shape index (κ3) is 4.96. The van der Waals surface area contributed by atoms with Crippen molar-refractivity contribution in [2.24, 2.45) is 4.99 Å². The van der Waals surface area contributed by atoms with Gasteiger partial charge in [0, 0.05) is 22.9 Å². The highest BCUT2D eigenvalue weighted by Crippen LogP contribution is 2.30. The summed E-state index contributed by atoms with van der Waals surface area (Å²) in [6.45, 7) is 1.87. The van der Waals surface area contributed by atoms with Crippen molar-refractivity contribution in [2.75, 3.05) is 5.32 Å². The molecule has 0 unspecified atom stereocenters. The van der Waals surface area contributed by atoms with Crippen LogP contribution in [0, 0.1) is 5.95 Å². The predicted molar refractivity (Wildman–Crippen MR) is 151 cm³/mol. The van der Waals surface area contributed by atoms with Crippen molar-refractivity contribution in [3.63, 3.8) is 0 Å². The fourth-order valence-corrected chi connectivity index (χ4v) is 4.62. The zero-order valence-electron chi connectivity index (χ0n) is 21.8. The lowest BCUT2D eigenvalue weighted by molar-refractivity contribution is -0.117. The summed E-state index contributed by atoms with van der Waals surface area (Å²) in [5.74, 6) is -1.95. The molecule has 2 aromatic carbocycles. The molecule has 1 atom stereocenters. The van der Waals surface area contributed by atoms with Gasteiger partial charge < -0.3 is 15.5 Å². The number of rotatable bonds is 6. The number of fused-ring (bicyclic) bond motifs is 1. The van der Waals surface area contributed by atoms with E-state index in [0.717, 1.165) is 5.56 Å². The van der Waals surface area contributed by atoms with Crippen LogP contribution in [-0.2, 0) is 16.1 Å². The van der Waals surface area contributed by atoms with Gasteiger partial charge in [-0.05, 0) is 24.6 Å². The number of benzodiazepines with no additional fused rings is 1. The molecule has 0 saturated carbocycles. The number of nitrogens with one attached hydrogen (secondary N) is 3. The van der Waals surface area contributed by atoms with E-state index in [1.54, 1.807) is 24.3 Å². The molecule has 0 saturated heterocycles. The second-order valence-corrected chi connectivity index (χ2v) is 9.18. The Balaban J connectivity index is 1.42. The van der Waals surface area contributed by atoms with Gasteiger partial charge in [-0.1, -0.05) is 55.5 Å². The van der Waals surface area contributed by atoms with Crippen LogP contribution in [0.1, 0.15) is 34.1 Å². The molecule has 0 aliphatic carbocycles. The fraction of sp³-hybridized carbons (Fsp3) is 0.100. The molecule has 3 N–H and O–H groups in total. The standard InChI is InChI=1S/C30H24FN7O3/c1-2-19-12-13-22(27(31)34-19)26-23(17-32-38(26)20-14-15-41-33-16-20)29(39)37-28-30(40)35-24-11-7-6-10-21(24)25(36-28)18-8-4-3-5-9-18/h3-17,28,33H,2H2,1H3,(H,35,40)(H,37,39)/t28-/m1/s1. The molecule has 0 radical (unpaired) electrons. The van der Waals surface area contributed by atoms with Crippen molar-refractivity contribution in [1.29, 1.82) is 0 Å². The van der Waals surface area contributed by atoms with Crippen LogP contribution in [0.4, 0.5) is 10.1 Å². The molecule has 2 aliphatic rings. The molecule has 11 heteroatoms. The number of aromatic nitrogens is 3. The molecule has 0 bridgehead atoms. The summed E-state index contributed by atoms with van der Waals surface area (Å²) >= 11 is 0. The molecule has 2 aromatic heterocycles. The maximum Gasteiger partial charge on any atom is 0.269 e. The molecular weight excluding hydrogens is 525 g/mol. The molecule has 204 valence electrons. The van der Waals surface area contributed by atoms with Crippen LogP contribution in [0.3, 0.4) is 0 Å². The highest BCUT2D eigenvalue weighted by Gasteiger charge is 2.30. The van der Waals surface area contributed by atoms with Gasteiger partial charge in [-0.2, -0.15) is 9.49 Å². The molecule has 10 nitrogen and oxygen atoms in total. The van der Waals surface area contributed by atoms with E-state index in [-0.39, 0.29) is 16.8 Å². The van der Waals surface area contributed by atoms with E-state index in [4.69, 9.17) is 4.84 Å². The van der Waals surface area contributed by atoms with Crippen LogP contribution in [-0.4, -0.2) is 38.5 Å². The second-order valence-electron chi connectivity index (χ2n) is 9.18. The number of hydroxylamine groups is 1. The van der Waals surface area contributed by atoms with Gasteiger partial charge in [-0.15, -0.1) is 0 Å². The normalized spacial score (nSPS) is 15.9. The molecule has 0 spiro atoms. The monoisotopic (exact) mass is 549 g/mol. The number of hydrogen-bond donors (Lipinski definition) is 3. The number of nitrogens with zero attached hydrogens (tertiary/aromatic N) is 4. The van der Waals surface area contributed by atoms with Crippen molar-refractivity contribution in [1.82, 2.24) is 25.6 Å². The Kier molecular flexibility index (Phi) is 6.82. The van der Waals surface area contributed by atoms with Crippen LogP contribution >= 0.6 is 0 Å². The summed E-state index contributed by atoms with van der Waals surface area (Å²) in [5.41, 5.74) is 6.49. The van der Waals surface area contributed by atoms with Crippen molar-refractivity contribution in [2.45, 2.75) is 19.5 Å². The van der Waals surface area contributed by atoms with E-state index in [0.29, 0.717) is 34.8 Å². The van der Waals surface area contributed by atoms with Gasteiger partial charge in [-0.3, -0.25) is 9.59 Å². The smallest absolute Gasteiger partial charge is 0.269 e. The first-order valence-electron chi connectivity index (χ1n) is 12.9. The van der Waals surface area contributed by atoms with Crippen molar-refractivity contribution < 1.29 is 18.8 Å². The Morgan fingerprint density at radius 1 is 1.07 bits per heavy atom. The van der Waals surface area contributed by atoms with Gasteiger partial charge >= 0.3 is 0 Å². The van der Waals surface area contributed by atoms with Gasteiger partial charge in [0.15, 0.2) is 0 Å². The zero-order chi connectivity index (χ0) is 28.3. The average Bonchev–Trinajstić information content (AvgIpc) is 3.39. The topological polar surface area (TPSA) is 123 Å².